The Morgan fingerprint density at radius 1 is 1.40 bits per heavy atom. The van der Waals surface area contributed by atoms with Crippen LogP contribution in [0.4, 0.5) is 16.2 Å². The molecule has 1 rings (SSSR count). The highest BCUT2D eigenvalue weighted by atomic mass is 16.5. The SMILES string of the molecule is CCOC(=O)Nc1ccc(OC)c(N(CC)CCO)c1. The molecule has 6 heteroatoms. The third kappa shape index (κ3) is 4.31. The predicted molar refractivity (Wildman–Crippen MR) is 78.6 cm³/mol. The molecule has 0 bridgehead atoms. The van der Waals surface area contributed by atoms with Gasteiger partial charge in [0.05, 0.1) is 26.0 Å². The van der Waals surface area contributed by atoms with Gasteiger partial charge in [0, 0.05) is 18.8 Å². The Morgan fingerprint density at radius 2 is 2.15 bits per heavy atom. The molecule has 0 saturated heterocycles. The van der Waals surface area contributed by atoms with Gasteiger partial charge in [-0.05, 0) is 32.0 Å². The van der Waals surface area contributed by atoms with Gasteiger partial charge in [0.15, 0.2) is 0 Å². The van der Waals surface area contributed by atoms with Gasteiger partial charge in [0.25, 0.3) is 0 Å². The summed E-state index contributed by atoms with van der Waals surface area (Å²) in [6.45, 7) is 5.32. The van der Waals surface area contributed by atoms with E-state index >= 15 is 0 Å². The Kier molecular flexibility index (Phi) is 6.66. The fourth-order valence-corrected chi connectivity index (χ4v) is 1.87. The van der Waals surface area contributed by atoms with Crippen LogP contribution in [-0.4, -0.2) is 44.6 Å². The highest BCUT2D eigenvalue weighted by molar-refractivity contribution is 5.86. The standard InChI is InChI=1S/C14H22N2O4/c1-4-16(8-9-17)12-10-11(6-7-13(12)19-3)15-14(18)20-5-2/h6-7,10,17H,4-5,8-9H2,1-3H3,(H,15,18). The van der Waals surface area contributed by atoms with E-state index in [1.807, 2.05) is 11.8 Å². The van der Waals surface area contributed by atoms with E-state index in [0.29, 0.717) is 24.6 Å². The number of carbonyl (C=O) groups excluding carboxylic acids is 1. The molecule has 0 atom stereocenters. The highest BCUT2D eigenvalue weighted by Crippen LogP contribution is 2.31. The molecule has 0 unspecified atom stereocenters. The maximum atomic E-state index is 11.4. The van der Waals surface area contributed by atoms with Gasteiger partial charge in [-0.1, -0.05) is 0 Å². The first-order valence-corrected chi connectivity index (χ1v) is 6.63. The summed E-state index contributed by atoms with van der Waals surface area (Å²) < 4.78 is 10.2. The molecule has 0 aliphatic rings. The minimum atomic E-state index is -0.492. The third-order valence-corrected chi connectivity index (χ3v) is 2.79. The van der Waals surface area contributed by atoms with Gasteiger partial charge in [-0.15, -0.1) is 0 Å². The summed E-state index contributed by atoms with van der Waals surface area (Å²) in [6, 6.07) is 5.32. The summed E-state index contributed by atoms with van der Waals surface area (Å²) in [4.78, 5) is 13.4. The van der Waals surface area contributed by atoms with Crippen molar-refractivity contribution in [1.82, 2.24) is 0 Å². The van der Waals surface area contributed by atoms with Crippen LogP contribution >= 0.6 is 0 Å². The van der Waals surface area contributed by atoms with Crippen LogP contribution in [0.2, 0.25) is 0 Å². The Balaban J connectivity index is 2.98. The molecule has 0 heterocycles. The minimum absolute atomic E-state index is 0.0481. The first kappa shape index (κ1) is 16.1. The predicted octanol–water partition coefficient (Wildman–Crippen LogP) is 2.08. The normalized spacial score (nSPS) is 10.0. The average molecular weight is 282 g/mol. The molecule has 1 aromatic rings. The van der Waals surface area contributed by atoms with Crippen molar-refractivity contribution < 1.29 is 19.4 Å². The molecule has 0 radical (unpaired) electrons. The molecule has 0 saturated carbocycles. The zero-order valence-electron chi connectivity index (χ0n) is 12.2. The molecule has 0 aliphatic heterocycles. The van der Waals surface area contributed by atoms with Gasteiger partial charge in [-0.3, -0.25) is 5.32 Å². The largest absolute Gasteiger partial charge is 0.495 e. The van der Waals surface area contributed by atoms with Crippen molar-refractivity contribution in [2.45, 2.75) is 13.8 Å². The number of hydrogen-bond acceptors (Lipinski definition) is 5. The van der Waals surface area contributed by atoms with E-state index in [1.165, 1.54) is 0 Å². The number of rotatable bonds is 7. The number of likely N-dealkylation sites (N-methyl/N-ethyl adjacent to an activating group) is 1. The summed E-state index contributed by atoms with van der Waals surface area (Å²) >= 11 is 0. The van der Waals surface area contributed by atoms with Crippen molar-refractivity contribution in [2.75, 3.05) is 43.6 Å². The van der Waals surface area contributed by atoms with E-state index in [4.69, 9.17) is 14.6 Å². The topological polar surface area (TPSA) is 71.0 Å². The zero-order chi connectivity index (χ0) is 15.0. The van der Waals surface area contributed by atoms with Crippen LogP contribution in [0.25, 0.3) is 0 Å². The van der Waals surface area contributed by atoms with Crippen LogP contribution in [0.1, 0.15) is 13.8 Å². The quantitative estimate of drug-likeness (QED) is 0.801. The average Bonchev–Trinajstić information content (AvgIpc) is 2.45. The smallest absolute Gasteiger partial charge is 0.411 e. The number of methoxy groups -OCH3 is 1. The Bertz CT molecular complexity index is 437. The number of carbonyl (C=O) groups is 1. The lowest BCUT2D eigenvalue weighted by molar-refractivity contribution is 0.168. The zero-order valence-corrected chi connectivity index (χ0v) is 12.2. The molecular formula is C14H22N2O4. The van der Waals surface area contributed by atoms with E-state index in [1.54, 1.807) is 32.2 Å². The Morgan fingerprint density at radius 3 is 2.70 bits per heavy atom. The van der Waals surface area contributed by atoms with Crippen LogP contribution in [0.15, 0.2) is 18.2 Å². The molecule has 0 aromatic heterocycles. The van der Waals surface area contributed by atoms with E-state index in [9.17, 15) is 4.79 Å². The van der Waals surface area contributed by atoms with Gasteiger partial charge in [0.2, 0.25) is 0 Å². The minimum Gasteiger partial charge on any atom is -0.495 e. The number of hydrogen-bond donors (Lipinski definition) is 2. The maximum Gasteiger partial charge on any atom is 0.411 e. The molecule has 0 spiro atoms. The molecular weight excluding hydrogens is 260 g/mol. The second-order valence-electron chi connectivity index (χ2n) is 4.04. The number of nitrogens with zero attached hydrogens (tertiary/aromatic N) is 1. The van der Waals surface area contributed by atoms with Gasteiger partial charge >= 0.3 is 6.09 Å². The summed E-state index contributed by atoms with van der Waals surface area (Å²) in [6.07, 6.45) is -0.492. The van der Waals surface area contributed by atoms with Crippen LogP contribution in [0.3, 0.4) is 0 Å². The van der Waals surface area contributed by atoms with Crippen molar-refractivity contribution in [3.63, 3.8) is 0 Å². The summed E-state index contributed by atoms with van der Waals surface area (Å²) in [5.74, 6) is 0.690. The van der Waals surface area contributed by atoms with Crippen molar-refractivity contribution in [2.24, 2.45) is 0 Å². The molecule has 112 valence electrons. The molecule has 1 aromatic carbocycles. The number of nitrogens with one attached hydrogen (secondary N) is 1. The van der Waals surface area contributed by atoms with Crippen molar-refractivity contribution >= 4 is 17.5 Å². The molecule has 2 N–H and O–H groups in total. The van der Waals surface area contributed by atoms with Gasteiger partial charge in [0.1, 0.15) is 5.75 Å². The Hall–Kier alpha value is -1.95. The number of ether oxygens (including phenoxy) is 2. The van der Waals surface area contributed by atoms with E-state index < -0.39 is 6.09 Å². The number of benzene rings is 1. The first-order chi connectivity index (χ1) is 9.65. The number of amides is 1. The number of anilines is 2. The molecule has 1 amide bonds. The van der Waals surface area contributed by atoms with Crippen LogP contribution in [-0.2, 0) is 4.74 Å². The van der Waals surface area contributed by atoms with E-state index in [0.717, 1.165) is 12.2 Å². The van der Waals surface area contributed by atoms with Crippen molar-refractivity contribution in [3.05, 3.63) is 18.2 Å². The van der Waals surface area contributed by atoms with E-state index in [2.05, 4.69) is 5.32 Å². The van der Waals surface area contributed by atoms with Crippen LogP contribution in [0.5, 0.6) is 5.75 Å². The molecule has 20 heavy (non-hydrogen) atoms. The number of aliphatic hydroxyl groups excluding tert-OH is 1. The fraction of sp³-hybridized carbons (Fsp3) is 0.500. The summed E-state index contributed by atoms with van der Waals surface area (Å²) in [5.41, 5.74) is 1.44. The molecule has 0 aliphatic carbocycles. The van der Waals surface area contributed by atoms with Gasteiger partial charge < -0.3 is 19.5 Å². The van der Waals surface area contributed by atoms with Crippen molar-refractivity contribution in [1.29, 1.82) is 0 Å². The second kappa shape index (κ2) is 8.27. The molecule has 6 nitrogen and oxygen atoms in total. The number of aliphatic hydroxyl groups is 1. The lowest BCUT2D eigenvalue weighted by Crippen LogP contribution is -2.26. The fourth-order valence-electron chi connectivity index (χ4n) is 1.87. The second-order valence-corrected chi connectivity index (χ2v) is 4.04. The highest BCUT2D eigenvalue weighted by Gasteiger charge is 2.12. The monoisotopic (exact) mass is 282 g/mol. The maximum absolute atomic E-state index is 11.4. The van der Waals surface area contributed by atoms with Gasteiger partial charge in [-0.25, -0.2) is 4.79 Å². The third-order valence-electron chi connectivity index (χ3n) is 2.79. The van der Waals surface area contributed by atoms with Crippen LogP contribution in [0, 0.1) is 0 Å². The first-order valence-electron chi connectivity index (χ1n) is 6.63. The lowest BCUT2D eigenvalue weighted by atomic mass is 10.2. The summed E-state index contributed by atoms with van der Waals surface area (Å²) in [7, 11) is 1.59. The van der Waals surface area contributed by atoms with Gasteiger partial charge in [-0.2, -0.15) is 0 Å². The van der Waals surface area contributed by atoms with Crippen LogP contribution < -0.4 is 15.0 Å². The Labute approximate surface area is 119 Å². The van der Waals surface area contributed by atoms with Crippen molar-refractivity contribution in [3.8, 4) is 5.75 Å². The lowest BCUT2D eigenvalue weighted by Gasteiger charge is -2.24. The summed E-state index contributed by atoms with van der Waals surface area (Å²) in [5, 5.41) is 11.8. The van der Waals surface area contributed by atoms with E-state index in [-0.39, 0.29) is 6.61 Å². The molecule has 0 fully saturated rings.